The smallest absolute Gasteiger partial charge is 0.265 e. The molecule has 1 aliphatic rings. The van der Waals surface area contributed by atoms with Gasteiger partial charge in [-0.3, -0.25) is 14.9 Å². The summed E-state index contributed by atoms with van der Waals surface area (Å²) in [5.74, 6) is 0.469. The number of benzene rings is 1. The largest absolute Gasteiger partial charge is 0.477 e. The zero-order valence-electron chi connectivity index (χ0n) is 14.4. The van der Waals surface area contributed by atoms with E-state index in [2.05, 4.69) is 10.5 Å². The van der Waals surface area contributed by atoms with Gasteiger partial charge in [-0.05, 0) is 19.1 Å². The van der Waals surface area contributed by atoms with E-state index in [0.29, 0.717) is 17.3 Å². The van der Waals surface area contributed by atoms with Gasteiger partial charge >= 0.3 is 0 Å². The number of ether oxygens (including phenoxy) is 1. The summed E-state index contributed by atoms with van der Waals surface area (Å²) in [6.45, 7) is 2.13. The lowest BCUT2D eigenvalue weighted by Crippen LogP contribution is -2.50. The number of hydrogen-bond donors (Lipinski definition) is 1. The van der Waals surface area contributed by atoms with Crippen molar-refractivity contribution < 1.29 is 18.8 Å². The quantitative estimate of drug-likeness (QED) is 0.899. The zero-order valence-corrected chi connectivity index (χ0v) is 14.4. The van der Waals surface area contributed by atoms with Crippen LogP contribution < -0.4 is 15.0 Å². The van der Waals surface area contributed by atoms with Crippen LogP contribution in [0.5, 0.6) is 5.75 Å². The lowest BCUT2D eigenvalue weighted by Gasteiger charge is -2.35. The minimum Gasteiger partial charge on any atom is -0.477 e. The highest BCUT2D eigenvalue weighted by atomic mass is 16.5. The fraction of sp³-hybridized carbons (Fsp3) is 0.353. The molecule has 1 N–H and O–H groups in total. The highest BCUT2D eigenvalue weighted by molar-refractivity contribution is 5.94. The molecule has 1 aromatic heterocycles. The van der Waals surface area contributed by atoms with Crippen molar-refractivity contribution in [3.05, 3.63) is 36.0 Å². The van der Waals surface area contributed by atoms with Gasteiger partial charge in [0.1, 0.15) is 5.75 Å². The lowest BCUT2D eigenvalue weighted by molar-refractivity contribution is -0.136. The molecule has 2 heterocycles. The molecule has 1 aromatic carbocycles. The summed E-state index contributed by atoms with van der Waals surface area (Å²) < 4.78 is 10.8. The number of nitrogens with zero attached hydrogens (tertiary/aromatic N) is 3. The van der Waals surface area contributed by atoms with Crippen molar-refractivity contribution in [2.24, 2.45) is 0 Å². The van der Waals surface area contributed by atoms with E-state index in [0.717, 1.165) is 5.69 Å². The number of amides is 2. The molecular formula is C17H20N4O4. The summed E-state index contributed by atoms with van der Waals surface area (Å²) in [5.41, 5.74) is 1.46. The third-order valence-corrected chi connectivity index (χ3v) is 3.80. The van der Waals surface area contributed by atoms with Crippen molar-refractivity contribution in [3.63, 3.8) is 0 Å². The number of anilines is 2. The molecule has 25 heavy (non-hydrogen) atoms. The van der Waals surface area contributed by atoms with Crippen molar-refractivity contribution in [2.75, 3.05) is 37.4 Å². The van der Waals surface area contributed by atoms with Crippen molar-refractivity contribution in [3.8, 4) is 5.75 Å². The molecule has 132 valence electrons. The summed E-state index contributed by atoms with van der Waals surface area (Å²) in [4.78, 5) is 27.9. The van der Waals surface area contributed by atoms with Crippen LogP contribution >= 0.6 is 0 Å². The average molecular weight is 344 g/mol. The molecule has 0 bridgehead atoms. The van der Waals surface area contributed by atoms with Crippen LogP contribution in [0.1, 0.15) is 5.69 Å². The molecule has 8 heteroatoms. The van der Waals surface area contributed by atoms with E-state index >= 15 is 0 Å². The Kier molecular flexibility index (Phi) is 4.60. The number of hydrogen-bond acceptors (Lipinski definition) is 6. The average Bonchev–Trinajstić information content (AvgIpc) is 2.98. The van der Waals surface area contributed by atoms with Crippen LogP contribution in [0.25, 0.3) is 0 Å². The number of likely N-dealkylation sites (N-methyl/N-ethyl adjacent to an activating group) is 1. The Balaban J connectivity index is 1.76. The number of nitrogens with one attached hydrogen (secondary N) is 1. The Morgan fingerprint density at radius 3 is 2.80 bits per heavy atom. The second kappa shape index (κ2) is 6.84. The van der Waals surface area contributed by atoms with Gasteiger partial charge in [0.25, 0.3) is 5.91 Å². The van der Waals surface area contributed by atoms with Crippen LogP contribution in [0.3, 0.4) is 0 Å². The van der Waals surface area contributed by atoms with E-state index in [1.54, 1.807) is 33.2 Å². The second-order valence-corrected chi connectivity index (χ2v) is 6.07. The molecule has 1 atom stereocenters. The Labute approximate surface area is 145 Å². The van der Waals surface area contributed by atoms with Crippen molar-refractivity contribution in [1.29, 1.82) is 0 Å². The maximum atomic E-state index is 12.3. The minimum atomic E-state index is -0.662. The molecular weight excluding hydrogens is 324 g/mol. The van der Waals surface area contributed by atoms with Gasteiger partial charge in [-0.1, -0.05) is 17.3 Å². The lowest BCUT2D eigenvalue weighted by atomic mass is 10.1. The summed E-state index contributed by atoms with van der Waals surface area (Å²) in [5, 5.41) is 6.40. The molecule has 0 radical (unpaired) electrons. The number of para-hydroxylation sites is 2. The molecule has 3 rings (SSSR count). The van der Waals surface area contributed by atoms with Gasteiger partial charge in [0.15, 0.2) is 6.10 Å². The third kappa shape index (κ3) is 3.73. The van der Waals surface area contributed by atoms with Crippen LogP contribution in [-0.2, 0) is 9.59 Å². The van der Waals surface area contributed by atoms with E-state index in [1.807, 2.05) is 23.1 Å². The van der Waals surface area contributed by atoms with E-state index < -0.39 is 6.10 Å². The maximum absolute atomic E-state index is 12.3. The first-order chi connectivity index (χ1) is 11.9. The number of carbonyl (C=O) groups is 2. The molecule has 2 aromatic rings. The summed E-state index contributed by atoms with van der Waals surface area (Å²) in [6.07, 6.45) is -0.662. The van der Waals surface area contributed by atoms with Gasteiger partial charge in [-0.25, -0.2) is 0 Å². The normalized spacial score (nSPS) is 16.0. The highest BCUT2D eigenvalue weighted by Crippen LogP contribution is 2.33. The standard InChI is InChI=1S/C17H20N4O4/c1-11-8-16(25-19-11)18-15(22)10-21-9-14(17(23)20(2)3)24-13-7-5-4-6-12(13)21/h4-8,14H,9-10H2,1-3H3,(H,18,22)/t14-/m1/s1. The molecule has 0 unspecified atom stereocenters. The first kappa shape index (κ1) is 16.8. The number of aromatic nitrogens is 1. The molecule has 0 saturated carbocycles. The van der Waals surface area contributed by atoms with Crippen LogP contribution in [0, 0.1) is 6.92 Å². The van der Waals surface area contributed by atoms with Crippen molar-refractivity contribution in [1.82, 2.24) is 10.1 Å². The summed E-state index contributed by atoms with van der Waals surface area (Å²) in [7, 11) is 3.35. The Bertz CT molecular complexity index is 786. The van der Waals surface area contributed by atoms with E-state index in [1.165, 1.54) is 4.90 Å². The molecule has 1 aliphatic heterocycles. The minimum absolute atomic E-state index is 0.0668. The molecule has 0 aliphatic carbocycles. The molecule has 0 saturated heterocycles. The van der Waals surface area contributed by atoms with Crippen LogP contribution in [0.2, 0.25) is 0 Å². The Morgan fingerprint density at radius 2 is 2.12 bits per heavy atom. The Hall–Kier alpha value is -3.03. The topological polar surface area (TPSA) is 87.9 Å². The molecule has 2 amide bonds. The zero-order chi connectivity index (χ0) is 18.0. The number of aryl methyl sites for hydroxylation is 1. The fourth-order valence-corrected chi connectivity index (χ4v) is 2.65. The second-order valence-electron chi connectivity index (χ2n) is 6.07. The molecule has 8 nitrogen and oxygen atoms in total. The van der Waals surface area contributed by atoms with E-state index in [4.69, 9.17) is 9.26 Å². The summed E-state index contributed by atoms with van der Waals surface area (Å²) >= 11 is 0. The van der Waals surface area contributed by atoms with E-state index in [9.17, 15) is 9.59 Å². The van der Waals surface area contributed by atoms with Gasteiger partial charge in [0.2, 0.25) is 11.8 Å². The van der Waals surface area contributed by atoms with Gasteiger partial charge in [0, 0.05) is 20.2 Å². The number of fused-ring (bicyclic) bond motifs is 1. The van der Waals surface area contributed by atoms with Crippen LogP contribution in [0.15, 0.2) is 34.9 Å². The summed E-state index contributed by atoms with van der Waals surface area (Å²) in [6, 6.07) is 8.98. The van der Waals surface area contributed by atoms with Gasteiger partial charge in [0.05, 0.1) is 24.5 Å². The van der Waals surface area contributed by atoms with Crippen molar-refractivity contribution in [2.45, 2.75) is 13.0 Å². The third-order valence-electron chi connectivity index (χ3n) is 3.80. The predicted octanol–water partition coefficient (Wildman–Crippen LogP) is 1.28. The Morgan fingerprint density at radius 1 is 1.36 bits per heavy atom. The molecule has 0 fully saturated rings. The number of carbonyl (C=O) groups excluding carboxylic acids is 2. The van der Waals surface area contributed by atoms with Crippen molar-refractivity contribution >= 4 is 23.4 Å². The van der Waals surface area contributed by atoms with E-state index in [-0.39, 0.29) is 24.9 Å². The monoisotopic (exact) mass is 344 g/mol. The van der Waals surface area contributed by atoms with Gasteiger partial charge in [-0.2, -0.15) is 0 Å². The maximum Gasteiger partial charge on any atom is 0.265 e. The molecule has 0 spiro atoms. The highest BCUT2D eigenvalue weighted by Gasteiger charge is 2.32. The fourth-order valence-electron chi connectivity index (χ4n) is 2.65. The van der Waals surface area contributed by atoms with Crippen LogP contribution in [-0.4, -0.2) is 55.2 Å². The first-order valence-electron chi connectivity index (χ1n) is 7.89. The first-order valence-corrected chi connectivity index (χ1v) is 7.89. The SMILES string of the molecule is Cc1cc(NC(=O)CN2C[C@H](C(=O)N(C)C)Oc3ccccc32)on1. The number of rotatable bonds is 4. The van der Waals surface area contributed by atoms with Crippen LogP contribution in [0.4, 0.5) is 11.6 Å². The predicted molar refractivity (Wildman–Crippen MR) is 91.6 cm³/mol. The van der Waals surface area contributed by atoms with Gasteiger partial charge in [-0.15, -0.1) is 0 Å². The van der Waals surface area contributed by atoms with Gasteiger partial charge < -0.3 is 19.1 Å².